The quantitative estimate of drug-likeness (QED) is 0.260. The number of anilines is 1. The van der Waals surface area contributed by atoms with Gasteiger partial charge in [-0.05, 0) is 36.4 Å². The predicted octanol–water partition coefficient (Wildman–Crippen LogP) is 8.36. The summed E-state index contributed by atoms with van der Waals surface area (Å²) in [5.74, 6) is 1.59. The van der Waals surface area contributed by atoms with Gasteiger partial charge < -0.3 is 15.2 Å². The Kier molecular flexibility index (Phi) is 5.22. The van der Waals surface area contributed by atoms with Gasteiger partial charge in [0.15, 0.2) is 0 Å². The standard InChI is InChI=1S/C24H17Cl2NO2S2/c1-28-12-6-8-14-18(10-12)30-23(25)20(14)16-4-3-5-17(22(16)27)21-15-9-7-13(29-2)11-19(15)31-24(21)26/h3-11H,27H2,1-2H3. The highest BCUT2D eigenvalue weighted by atomic mass is 35.5. The summed E-state index contributed by atoms with van der Waals surface area (Å²) in [5.41, 5.74) is 11.0. The molecule has 0 aliphatic carbocycles. The molecule has 0 saturated carbocycles. The van der Waals surface area contributed by atoms with E-state index in [1.54, 1.807) is 14.2 Å². The van der Waals surface area contributed by atoms with Gasteiger partial charge in [0, 0.05) is 48.1 Å². The summed E-state index contributed by atoms with van der Waals surface area (Å²) in [4.78, 5) is 0. The van der Waals surface area contributed by atoms with E-state index in [-0.39, 0.29) is 0 Å². The van der Waals surface area contributed by atoms with Gasteiger partial charge in [0.25, 0.3) is 0 Å². The van der Waals surface area contributed by atoms with Crippen LogP contribution in [0.3, 0.4) is 0 Å². The lowest BCUT2D eigenvalue weighted by atomic mass is 9.95. The van der Waals surface area contributed by atoms with Crippen molar-refractivity contribution in [3.8, 4) is 33.8 Å². The number of rotatable bonds is 4. The number of nitrogen functional groups attached to an aromatic ring is 1. The molecule has 5 aromatic rings. The first kappa shape index (κ1) is 20.5. The molecule has 2 aromatic heterocycles. The van der Waals surface area contributed by atoms with Crippen molar-refractivity contribution in [2.45, 2.75) is 0 Å². The molecule has 31 heavy (non-hydrogen) atoms. The highest BCUT2D eigenvalue weighted by molar-refractivity contribution is 7.24. The third kappa shape index (κ3) is 3.33. The van der Waals surface area contributed by atoms with Crippen LogP contribution in [0.2, 0.25) is 8.67 Å². The maximum Gasteiger partial charge on any atom is 0.120 e. The number of halogens is 2. The third-order valence-electron chi connectivity index (χ3n) is 5.35. The summed E-state index contributed by atoms with van der Waals surface area (Å²) < 4.78 is 14.2. The first-order chi connectivity index (χ1) is 15.0. The van der Waals surface area contributed by atoms with Crippen molar-refractivity contribution in [1.29, 1.82) is 0 Å². The Balaban J connectivity index is 1.73. The van der Waals surface area contributed by atoms with Crippen molar-refractivity contribution >= 4 is 71.7 Å². The first-order valence-corrected chi connectivity index (χ1v) is 11.8. The summed E-state index contributed by atoms with van der Waals surface area (Å²) in [6, 6.07) is 17.9. The van der Waals surface area contributed by atoms with Crippen LogP contribution in [0.15, 0.2) is 54.6 Å². The number of benzene rings is 3. The van der Waals surface area contributed by atoms with Gasteiger partial charge in [0.1, 0.15) is 20.2 Å². The normalized spacial score (nSPS) is 11.4. The fraction of sp³-hybridized carbons (Fsp3) is 0.0833. The molecule has 0 aliphatic heterocycles. The predicted molar refractivity (Wildman–Crippen MR) is 136 cm³/mol. The monoisotopic (exact) mass is 485 g/mol. The minimum atomic E-state index is 0.650. The number of thiophene rings is 2. The highest BCUT2D eigenvalue weighted by Crippen LogP contribution is 2.50. The Morgan fingerprint density at radius 1 is 0.710 bits per heavy atom. The molecule has 0 atom stereocenters. The Bertz CT molecular complexity index is 1350. The zero-order chi connectivity index (χ0) is 21.7. The molecule has 0 aliphatic rings. The molecule has 7 heteroatoms. The van der Waals surface area contributed by atoms with Gasteiger partial charge in [0.05, 0.1) is 14.2 Å². The molecule has 0 bridgehead atoms. The number of fused-ring (bicyclic) bond motifs is 2. The van der Waals surface area contributed by atoms with Crippen molar-refractivity contribution in [3.05, 3.63) is 63.3 Å². The SMILES string of the molecule is COc1ccc2c(-c3cccc(-c4c(Cl)sc5cc(OC)ccc45)c3N)c(Cl)sc2c1. The fourth-order valence-corrected chi connectivity index (χ4v) is 6.70. The lowest BCUT2D eigenvalue weighted by Gasteiger charge is -2.12. The van der Waals surface area contributed by atoms with E-state index in [0.29, 0.717) is 14.4 Å². The fourth-order valence-electron chi connectivity index (χ4n) is 3.85. The zero-order valence-electron chi connectivity index (χ0n) is 16.7. The van der Waals surface area contributed by atoms with Crippen molar-refractivity contribution in [1.82, 2.24) is 0 Å². The van der Waals surface area contributed by atoms with E-state index in [4.69, 9.17) is 38.4 Å². The molecule has 0 radical (unpaired) electrons. The van der Waals surface area contributed by atoms with E-state index in [1.165, 1.54) is 22.7 Å². The highest BCUT2D eigenvalue weighted by Gasteiger charge is 2.21. The van der Waals surface area contributed by atoms with Gasteiger partial charge >= 0.3 is 0 Å². The molecule has 0 amide bonds. The van der Waals surface area contributed by atoms with E-state index < -0.39 is 0 Å². The molecule has 0 unspecified atom stereocenters. The number of ether oxygens (including phenoxy) is 2. The summed E-state index contributed by atoms with van der Waals surface area (Å²) in [7, 11) is 3.31. The Labute approximate surface area is 197 Å². The molecular weight excluding hydrogens is 469 g/mol. The molecular formula is C24H17Cl2NO2S2. The summed E-state index contributed by atoms with van der Waals surface area (Å²) >= 11 is 16.4. The molecule has 0 spiro atoms. The van der Waals surface area contributed by atoms with E-state index in [1.807, 2.05) is 54.6 Å². The Morgan fingerprint density at radius 3 is 1.58 bits per heavy atom. The minimum Gasteiger partial charge on any atom is -0.497 e. The van der Waals surface area contributed by atoms with Crippen LogP contribution in [0, 0.1) is 0 Å². The van der Waals surface area contributed by atoms with Gasteiger partial charge in [-0.25, -0.2) is 0 Å². The van der Waals surface area contributed by atoms with Gasteiger partial charge in [-0.15, -0.1) is 22.7 Å². The van der Waals surface area contributed by atoms with Gasteiger partial charge in [-0.1, -0.05) is 41.4 Å². The summed E-state index contributed by atoms with van der Waals surface area (Å²) in [6.07, 6.45) is 0. The Hall–Kier alpha value is -2.44. The van der Waals surface area contributed by atoms with E-state index in [9.17, 15) is 0 Å². The second-order valence-electron chi connectivity index (χ2n) is 6.99. The van der Waals surface area contributed by atoms with Gasteiger partial charge in [-0.2, -0.15) is 0 Å². The number of hydrogen-bond donors (Lipinski definition) is 1. The second kappa shape index (κ2) is 7.92. The number of nitrogens with two attached hydrogens (primary N) is 1. The summed E-state index contributed by atoms with van der Waals surface area (Å²) in [5, 5.41) is 2.09. The third-order valence-corrected chi connectivity index (χ3v) is 8.08. The van der Waals surface area contributed by atoms with Crippen LogP contribution in [-0.2, 0) is 0 Å². The smallest absolute Gasteiger partial charge is 0.120 e. The van der Waals surface area contributed by atoms with Crippen LogP contribution in [-0.4, -0.2) is 14.2 Å². The first-order valence-electron chi connectivity index (χ1n) is 9.43. The molecule has 2 N–H and O–H groups in total. The number of hydrogen-bond acceptors (Lipinski definition) is 5. The lowest BCUT2D eigenvalue weighted by Crippen LogP contribution is -1.94. The van der Waals surface area contributed by atoms with Crippen LogP contribution in [0.1, 0.15) is 0 Å². The van der Waals surface area contributed by atoms with E-state index in [2.05, 4.69) is 0 Å². The van der Waals surface area contributed by atoms with E-state index in [0.717, 1.165) is 53.9 Å². The van der Waals surface area contributed by atoms with Crippen LogP contribution in [0.25, 0.3) is 42.4 Å². The Morgan fingerprint density at radius 2 is 1.16 bits per heavy atom. The topological polar surface area (TPSA) is 44.5 Å². The number of methoxy groups -OCH3 is 2. The second-order valence-corrected chi connectivity index (χ2v) is 10.3. The molecule has 156 valence electrons. The zero-order valence-corrected chi connectivity index (χ0v) is 19.8. The van der Waals surface area contributed by atoms with Crippen LogP contribution in [0.5, 0.6) is 11.5 Å². The molecule has 0 saturated heterocycles. The van der Waals surface area contributed by atoms with Crippen LogP contribution < -0.4 is 15.2 Å². The maximum absolute atomic E-state index is 6.74. The molecule has 0 fully saturated rings. The average molecular weight is 486 g/mol. The molecule has 3 aromatic carbocycles. The van der Waals surface area contributed by atoms with Crippen molar-refractivity contribution < 1.29 is 9.47 Å². The van der Waals surface area contributed by atoms with Crippen molar-refractivity contribution in [3.63, 3.8) is 0 Å². The van der Waals surface area contributed by atoms with Gasteiger partial charge in [-0.3, -0.25) is 0 Å². The summed E-state index contributed by atoms with van der Waals surface area (Å²) in [6.45, 7) is 0. The number of para-hydroxylation sites is 1. The van der Waals surface area contributed by atoms with Crippen molar-refractivity contribution in [2.75, 3.05) is 20.0 Å². The molecule has 5 rings (SSSR count). The van der Waals surface area contributed by atoms with Crippen LogP contribution in [0.4, 0.5) is 5.69 Å². The largest absolute Gasteiger partial charge is 0.497 e. The van der Waals surface area contributed by atoms with E-state index >= 15 is 0 Å². The van der Waals surface area contributed by atoms with Crippen molar-refractivity contribution in [2.24, 2.45) is 0 Å². The van der Waals surface area contributed by atoms with Crippen LogP contribution >= 0.6 is 45.9 Å². The average Bonchev–Trinajstić information content (AvgIpc) is 3.27. The molecule has 3 nitrogen and oxygen atoms in total. The van der Waals surface area contributed by atoms with Gasteiger partial charge in [0.2, 0.25) is 0 Å². The maximum atomic E-state index is 6.74. The molecule has 2 heterocycles. The minimum absolute atomic E-state index is 0.650. The lowest BCUT2D eigenvalue weighted by molar-refractivity contribution is 0.415.